The van der Waals surface area contributed by atoms with Crippen LogP contribution in [0.15, 0.2) is 0 Å². The van der Waals surface area contributed by atoms with E-state index in [4.69, 9.17) is 0 Å². The monoisotopic (exact) mass is 207 g/mol. The van der Waals surface area contributed by atoms with Gasteiger partial charge < -0.3 is 0 Å². The zero-order valence-electron chi connectivity index (χ0n) is 6.42. The molecular weight excluding hydrogens is 195 g/mol. The van der Waals surface area contributed by atoms with Crippen LogP contribution in [0.3, 0.4) is 0 Å². The van der Waals surface area contributed by atoms with E-state index in [1.54, 1.807) is 6.92 Å². The van der Waals surface area contributed by atoms with E-state index in [2.05, 4.69) is 15.6 Å². The van der Waals surface area contributed by atoms with Crippen molar-refractivity contribution in [3.8, 4) is 0 Å². The SMILES string of the molecule is CC(=O)[N+]1(C)CN(C)C1=[Se]. The molecule has 1 amide bonds. The van der Waals surface area contributed by atoms with Crippen molar-refractivity contribution in [2.24, 2.45) is 0 Å². The second-order valence-electron chi connectivity index (χ2n) is 2.83. The summed E-state index contributed by atoms with van der Waals surface area (Å²) in [4.78, 5) is 13.0. The standard InChI is InChI=1S/C6H11N2OSe/c1-5(9)8(3)4-7(2)6(8)10/h4H2,1-3H3/q+1. The van der Waals surface area contributed by atoms with E-state index in [0.717, 1.165) is 11.3 Å². The van der Waals surface area contributed by atoms with Crippen molar-refractivity contribution in [1.82, 2.24) is 4.90 Å². The summed E-state index contributed by atoms with van der Waals surface area (Å²) < 4.78 is 1.43. The molecule has 10 heavy (non-hydrogen) atoms. The Labute approximate surface area is 68.5 Å². The number of carbonyl (C=O) groups is 1. The summed E-state index contributed by atoms with van der Waals surface area (Å²) >= 11 is 2.89. The van der Waals surface area contributed by atoms with Crippen molar-refractivity contribution < 1.29 is 9.28 Å². The van der Waals surface area contributed by atoms with Crippen LogP contribution in [0.2, 0.25) is 0 Å². The molecule has 1 heterocycles. The second kappa shape index (κ2) is 2.15. The Kier molecular flexibility index (Phi) is 1.71. The summed E-state index contributed by atoms with van der Waals surface area (Å²) in [6, 6.07) is 0. The van der Waals surface area contributed by atoms with Gasteiger partial charge in [0.15, 0.2) is 0 Å². The third-order valence-corrected chi connectivity index (χ3v) is 3.44. The molecular formula is C6H11N2OSe+. The van der Waals surface area contributed by atoms with Gasteiger partial charge in [0.05, 0.1) is 0 Å². The maximum absolute atomic E-state index is 11.0. The third-order valence-electron chi connectivity index (χ3n) is 1.94. The van der Waals surface area contributed by atoms with Crippen LogP contribution in [0.1, 0.15) is 6.92 Å². The molecule has 0 bridgehead atoms. The summed E-state index contributed by atoms with van der Waals surface area (Å²) in [5.74, 6) is 0.187. The van der Waals surface area contributed by atoms with E-state index in [-0.39, 0.29) is 5.91 Å². The molecule has 1 fully saturated rings. The van der Waals surface area contributed by atoms with Gasteiger partial charge in [-0.1, -0.05) is 0 Å². The Morgan fingerprint density at radius 3 is 2.40 bits per heavy atom. The fourth-order valence-corrected chi connectivity index (χ4v) is 1.59. The molecule has 1 unspecified atom stereocenters. The summed E-state index contributed by atoms with van der Waals surface area (Å²) in [6.07, 6.45) is 0. The van der Waals surface area contributed by atoms with Gasteiger partial charge in [-0.3, -0.25) is 0 Å². The Bertz CT molecular complexity index is 204. The van der Waals surface area contributed by atoms with Crippen molar-refractivity contribution >= 4 is 26.1 Å². The number of hydrogen-bond donors (Lipinski definition) is 0. The van der Waals surface area contributed by atoms with Crippen LogP contribution in [0.4, 0.5) is 0 Å². The van der Waals surface area contributed by atoms with Gasteiger partial charge in [0.1, 0.15) is 0 Å². The molecule has 1 atom stereocenters. The van der Waals surface area contributed by atoms with Gasteiger partial charge >= 0.3 is 68.0 Å². The van der Waals surface area contributed by atoms with Crippen molar-refractivity contribution in [2.45, 2.75) is 6.92 Å². The Morgan fingerprint density at radius 2 is 2.30 bits per heavy atom. The summed E-state index contributed by atoms with van der Waals surface area (Å²) in [5, 5.41) is 0. The van der Waals surface area contributed by atoms with Crippen molar-refractivity contribution in [1.29, 1.82) is 0 Å². The number of hydrogen-bond acceptors (Lipinski definition) is 2. The number of carbonyl (C=O) groups excluding carboxylic acids is 1. The average Bonchev–Trinajstić information content (AvgIpc) is 1.87. The quantitative estimate of drug-likeness (QED) is 0.379. The van der Waals surface area contributed by atoms with Crippen LogP contribution < -0.4 is 0 Å². The molecule has 1 aliphatic heterocycles. The first-order chi connectivity index (χ1) is 4.48. The van der Waals surface area contributed by atoms with Gasteiger partial charge in [-0.15, -0.1) is 0 Å². The van der Waals surface area contributed by atoms with Crippen LogP contribution in [-0.2, 0) is 4.79 Å². The number of rotatable bonds is 0. The van der Waals surface area contributed by atoms with E-state index in [9.17, 15) is 4.79 Å². The number of amides is 1. The molecule has 1 saturated heterocycles. The van der Waals surface area contributed by atoms with E-state index >= 15 is 0 Å². The molecule has 0 aliphatic carbocycles. The molecule has 0 saturated carbocycles. The third kappa shape index (κ3) is 0.839. The topological polar surface area (TPSA) is 20.3 Å². The number of nitrogens with zero attached hydrogens (tertiary/aromatic N) is 2. The predicted molar refractivity (Wildman–Crippen MR) is 40.3 cm³/mol. The Morgan fingerprint density at radius 1 is 1.80 bits per heavy atom. The molecule has 0 aromatic rings. The molecule has 1 aliphatic rings. The normalized spacial score (nSPS) is 31.9. The Balaban J connectivity index is 2.77. The summed E-state index contributed by atoms with van der Waals surface area (Å²) in [5.41, 5.74) is 0. The molecule has 56 valence electrons. The number of quaternary nitrogens is 1. The molecule has 0 aromatic carbocycles. The van der Waals surface area contributed by atoms with E-state index < -0.39 is 0 Å². The van der Waals surface area contributed by atoms with Crippen LogP contribution in [0.5, 0.6) is 0 Å². The minimum atomic E-state index is 0.187. The fourth-order valence-electron chi connectivity index (χ4n) is 1.08. The first-order valence-corrected chi connectivity index (χ1v) is 3.96. The molecule has 0 aromatic heterocycles. The molecule has 1 rings (SSSR count). The van der Waals surface area contributed by atoms with Crippen molar-refractivity contribution in [3.05, 3.63) is 0 Å². The summed E-state index contributed by atoms with van der Waals surface area (Å²) in [6.45, 7) is 2.40. The molecule has 0 spiro atoms. The zero-order valence-corrected chi connectivity index (χ0v) is 8.13. The Hall–Kier alpha value is -0.181. The molecule has 4 heteroatoms. The predicted octanol–water partition coefficient (Wildman–Crippen LogP) is -0.862. The van der Waals surface area contributed by atoms with E-state index in [1.807, 2.05) is 19.0 Å². The molecule has 3 nitrogen and oxygen atoms in total. The van der Waals surface area contributed by atoms with Gasteiger partial charge in [-0.05, 0) is 0 Å². The maximum atomic E-state index is 11.0. The van der Waals surface area contributed by atoms with Gasteiger partial charge in [0.2, 0.25) is 0 Å². The van der Waals surface area contributed by atoms with Gasteiger partial charge in [0.25, 0.3) is 0 Å². The van der Waals surface area contributed by atoms with Crippen molar-refractivity contribution in [3.63, 3.8) is 0 Å². The van der Waals surface area contributed by atoms with Crippen LogP contribution in [0.25, 0.3) is 0 Å². The molecule has 0 N–H and O–H groups in total. The summed E-state index contributed by atoms with van der Waals surface area (Å²) in [7, 11) is 3.88. The first kappa shape index (κ1) is 7.92. The van der Waals surface area contributed by atoms with Crippen LogP contribution >= 0.6 is 0 Å². The second-order valence-corrected chi connectivity index (χ2v) is 3.60. The van der Waals surface area contributed by atoms with E-state index in [0.29, 0.717) is 4.48 Å². The van der Waals surface area contributed by atoms with Crippen LogP contribution in [0, 0.1) is 0 Å². The van der Waals surface area contributed by atoms with Gasteiger partial charge in [-0.25, -0.2) is 0 Å². The minimum absolute atomic E-state index is 0.187. The van der Waals surface area contributed by atoms with E-state index in [1.165, 1.54) is 0 Å². The fraction of sp³-hybridized carbons (Fsp3) is 0.667. The van der Waals surface area contributed by atoms with Gasteiger partial charge in [0, 0.05) is 0 Å². The van der Waals surface area contributed by atoms with Crippen molar-refractivity contribution in [2.75, 3.05) is 20.8 Å². The molecule has 0 radical (unpaired) electrons. The zero-order chi connectivity index (χ0) is 7.94. The first-order valence-electron chi connectivity index (χ1n) is 3.11. The van der Waals surface area contributed by atoms with Gasteiger partial charge in [-0.2, -0.15) is 0 Å². The van der Waals surface area contributed by atoms with Crippen LogP contribution in [-0.4, -0.2) is 56.3 Å². The average molecular weight is 206 g/mol.